The zero-order valence-corrected chi connectivity index (χ0v) is 14.9. The summed E-state index contributed by atoms with van der Waals surface area (Å²) in [7, 11) is -3.42. The van der Waals surface area contributed by atoms with Crippen molar-refractivity contribution in [1.82, 2.24) is 9.21 Å². The fourth-order valence-corrected chi connectivity index (χ4v) is 5.86. The lowest BCUT2D eigenvalue weighted by atomic mass is 10.1. The third-order valence-corrected chi connectivity index (χ3v) is 7.72. The van der Waals surface area contributed by atoms with Crippen LogP contribution in [0, 0.1) is 0 Å². The molecular weight excluding hydrogens is 336 g/mol. The zero-order valence-electron chi connectivity index (χ0n) is 13.2. The molecule has 0 atom stereocenters. The summed E-state index contributed by atoms with van der Waals surface area (Å²) < 4.78 is 38.9. The standard InChI is InChI=1S/C15H24N2O4S2/c18-23(19,15-2-1-13-22-15)17(14-3-9-20-10-4-14)6-5-16-7-11-21-12-8-16/h1-2,13-14H,3-12H2. The molecule has 2 aliphatic rings. The van der Waals surface area contributed by atoms with Gasteiger partial charge in [-0.05, 0) is 24.3 Å². The van der Waals surface area contributed by atoms with Crippen molar-refractivity contribution < 1.29 is 17.9 Å². The summed E-state index contributed by atoms with van der Waals surface area (Å²) in [5.41, 5.74) is 0. The molecule has 1 aromatic heterocycles. The minimum atomic E-state index is -3.42. The Balaban J connectivity index is 1.73. The number of hydrogen-bond donors (Lipinski definition) is 0. The average Bonchev–Trinajstić information content (AvgIpc) is 3.12. The Labute approximate surface area is 142 Å². The van der Waals surface area contributed by atoms with Crippen LogP contribution >= 0.6 is 11.3 Å². The molecule has 130 valence electrons. The lowest BCUT2D eigenvalue weighted by molar-refractivity contribution is 0.0292. The Hall–Kier alpha value is -0.510. The number of nitrogens with zero attached hydrogens (tertiary/aromatic N) is 2. The quantitative estimate of drug-likeness (QED) is 0.764. The summed E-state index contributed by atoms with van der Waals surface area (Å²) in [6, 6.07) is 3.53. The Kier molecular flexibility index (Phi) is 6.06. The molecule has 0 saturated carbocycles. The van der Waals surface area contributed by atoms with E-state index in [1.807, 2.05) is 5.38 Å². The second-order valence-electron chi connectivity index (χ2n) is 5.85. The van der Waals surface area contributed by atoms with E-state index in [4.69, 9.17) is 9.47 Å². The van der Waals surface area contributed by atoms with Gasteiger partial charge >= 0.3 is 0 Å². The first-order valence-corrected chi connectivity index (χ1v) is 10.4. The molecule has 8 heteroatoms. The Morgan fingerprint density at radius 2 is 1.87 bits per heavy atom. The maximum absolute atomic E-state index is 13.0. The van der Waals surface area contributed by atoms with Crippen LogP contribution in [0.4, 0.5) is 0 Å². The van der Waals surface area contributed by atoms with Crippen molar-refractivity contribution in [1.29, 1.82) is 0 Å². The summed E-state index contributed by atoms with van der Waals surface area (Å²) in [6.07, 6.45) is 1.54. The third-order valence-electron chi connectivity index (χ3n) is 4.40. The maximum Gasteiger partial charge on any atom is 0.252 e. The average molecular weight is 361 g/mol. The largest absolute Gasteiger partial charge is 0.381 e. The molecule has 2 saturated heterocycles. The van der Waals surface area contributed by atoms with Gasteiger partial charge in [0.05, 0.1) is 13.2 Å². The molecule has 2 aliphatic heterocycles. The van der Waals surface area contributed by atoms with Gasteiger partial charge in [0.1, 0.15) is 4.21 Å². The molecule has 0 amide bonds. The minimum absolute atomic E-state index is 0.0388. The normalized spacial score (nSPS) is 21.8. The van der Waals surface area contributed by atoms with Gasteiger partial charge in [-0.2, -0.15) is 4.31 Å². The van der Waals surface area contributed by atoms with E-state index in [0.29, 0.717) is 24.0 Å². The third kappa shape index (κ3) is 4.32. The molecule has 0 bridgehead atoms. The molecule has 6 nitrogen and oxygen atoms in total. The van der Waals surface area contributed by atoms with Crippen molar-refractivity contribution in [2.24, 2.45) is 0 Å². The summed E-state index contributed by atoms with van der Waals surface area (Å²) in [4.78, 5) is 2.28. The van der Waals surface area contributed by atoms with Gasteiger partial charge in [-0.25, -0.2) is 8.42 Å². The first kappa shape index (κ1) is 17.3. The molecule has 23 heavy (non-hydrogen) atoms. The highest BCUT2D eigenvalue weighted by atomic mass is 32.2. The van der Waals surface area contributed by atoms with Crippen molar-refractivity contribution in [3.05, 3.63) is 17.5 Å². The predicted molar refractivity (Wildman–Crippen MR) is 89.3 cm³/mol. The molecule has 3 rings (SSSR count). The maximum atomic E-state index is 13.0. The fourth-order valence-electron chi connectivity index (χ4n) is 3.06. The van der Waals surface area contributed by atoms with Crippen molar-refractivity contribution in [2.45, 2.75) is 23.1 Å². The Morgan fingerprint density at radius 1 is 1.17 bits per heavy atom. The topological polar surface area (TPSA) is 59.1 Å². The van der Waals surface area contributed by atoms with Gasteiger partial charge in [0.2, 0.25) is 0 Å². The van der Waals surface area contributed by atoms with Crippen molar-refractivity contribution in [2.75, 3.05) is 52.6 Å². The van der Waals surface area contributed by atoms with Crippen LogP contribution in [0.1, 0.15) is 12.8 Å². The molecule has 0 N–H and O–H groups in total. The highest BCUT2D eigenvalue weighted by Crippen LogP contribution is 2.26. The van der Waals surface area contributed by atoms with Crippen LogP contribution in [0.3, 0.4) is 0 Å². The second-order valence-corrected chi connectivity index (χ2v) is 8.91. The molecule has 0 spiro atoms. The van der Waals surface area contributed by atoms with Gasteiger partial charge in [0.25, 0.3) is 10.0 Å². The van der Waals surface area contributed by atoms with Gasteiger partial charge in [-0.15, -0.1) is 11.3 Å². The van der Waals surface area contributed by atoms with E-state index >= 15 is 0 Å². The van der Waals surface area contributed by atoms with Crippen LogP contribution in [-0.2, 0) is 19.5 Å². The van der Waals surface area contributed by atoms with Crippen LogP contribution in [0.15, 0.2) is 21.7 Å². The van der Waals surface area contributed by atoms with Crippen molar-refractivity contribution >= 4 is 21.4 Å². The van der Waals surface area contributed by atoms with Gasteiger partial charge in [0.15, 0.2) is 0 Å². The predicted octanol–water partition coefficient (Wildman–Crippen LogP) is 1.25. The van der Waals surface area contributed by atoms with E-state index < -0.39 is 10.0 Å². The van der Waals surface area contributed by atoms with Crippen LogP contribution in [0.2, 0.25) is 0 Å². The molecular formula is C15H24N2O4S2. The van der Waals surface area contributed by atoms with Crippen molar-refractivity contribution in [3.8, 4) is 0 Å². The highest BCUT2D eigenvalue weighted by molar-refractivity contribution is 7.91. The van der Waals surface area contributed by atoms with Gasteiger partial charge in [0, 0.05) is 45.4 Å². The second kappa shape index (κ2) is 8.04. The molecule has 0 aliphatic carbocycles. The molecule has 0 aromatic carbocycles. The molecule has 0 unspecified atom stereocenters. The van der Waals surface area contributed by atoms with E-state index in [9.17, 15) is 8.42 Å². The van der Waals surface area contributed by atoms with E-state index in [-0.39, 0.29) is 6.04 Å². The molecule has 0 radical (unpaired) electrons. The number of hydrogen-bond acceptors (Lipinski definition) is 6. The number of ether oxygens (including phenoxy) is 2. The fraction of sp³-hybridized carbons (Fsp3) is 0.733. The van der Waals surface area contributed by atoms with Crippen LogP contribution < -0.4 is 0 Å². The zero-order chi connectivity index (χ0) is 16.1. The van der Waals surface area contributed by atoms with Crippen molar-refractivity contribution in [3.63, 3.8) is 0 Å². The van der Waals surface area contributed by atoms with Crippen LogP contribution in [0.5, 0.6) is 0 Å². The van der Waals surface area contributed by atoms with Crippen LogP contribution in [0.25, 0.3) is 0 Å². The number of sulfonamides is 1. The van der Waals surface area contributed by atoms with E-state index in [1.54, 1.807) is 16.4 Å². The minimum Gasteiger partial charge on any atom is -0.381 e. The molecule has 3 heterocycles. The van der Waals surface area contributed by atoms with Crippen LogP contribution in [-0.4, -0.2) is 76.3 Å². The van der Waals surface area contributed by atoms with E-state index in [0.717, 1.165) is 45.7 Å². The molecule has 1 aromatic rings. The Bertz CT molecular complexity index is 564. The number of thiophene rings is 1. The summed E-state index contributed by atoms with van der Waals surface area (Å²) >= 11 is 1.29. The monoisotopic (exact) mass is 360 g/mol. The first-order chi connectivity index (χ1) is 11.2. The summed E-state index contributed by atoms with van der Waals surface area (Å²) in [5.74, 6) is 0. The number of rotatable bonds is 6. The smallest absolute Gasteiger partial charge is 0.252 e. The van der Waals surface area contributed by atoms with Gasteiger partial charge < -0.3 is 9.47 Å². The first-order valence-electron chi connectivity index (χ1n) is 8.11. The summed E-state index contributed by atoms with van der Waals surface area (Å²) in [6.45, 7) is 5.78. The highest BCUT2D eigenvalue weighted by Gasteiger charge is 2.33. The lowest BCUT2D eigenvalue weighted by Gasteiger charge is -2.35. The Morgan fingerprint density at radius 3 is 2.52 bits per heavy atom. The molecule has 2 fully saturated rings. The summed E-state index contributed by atoms with van der Waals surface area (Å²) in [5, 5.41) is 1.82. The SMILES string of the molecule is O=S(=O)(c1cccs1)N(CCN1CCOCC1)C1CCOCC1. The van der Waals surface area contributed by atoms with Gasteiger partial charge in [-0.1, -0.05) is 6.07 Å². The number of morpholine rings is 1. The lowest BCUT2D eigenvalue weighted by Crippen LogP contribution is -2.48. The van der Waals surface area contributed by atoms with E-state index in [1.165, 1.54) is 11.3 Å². The van der Waals surface area contributed by atoms with E-state index in [2.05, 4.69) is 4.90 Å². The van der Waals surface area contributed by atoms with Gasteiger partial charge in [-0.3, -0.25) is 4.90 Å².